The molecule has 0 aliphatic carbocycles. The van der Waals surface area contributed by atoms with Crippen LogP contribution in [0.1, 0.15) is 32.3 Å². The van der Waals surface area contributed by atoms with Crippen molar-refractivity contribution in [1.29, 1.82) is 5.26 Å². The van der Waals surface area contributed by atoms with Crippen molar-refractivity contribution >= 4 is 17.3 Å². The summed E-state index contributed by atoms with van der Waals surface area (Å²) < 4.78 is 0. The number of nitriles is 1. The zero-order valence-electron chi connectivity index (χ0n) is 12.2. The highest BCUT2D eigenvalue weighted by molar-refractivity contribution is 6.32. The maximum atomic E-state index is 8.88. The van der Waals surface area contributed by atoms with Crippen molar-refractivity contribution in [2.45, 2.75) is 32.7 Å². The van der Waals surface area contributed by atoms with E-state index in [1.165, 1.54) is 25.9 Å². The molecule has 1 unspecified atom stereocenters. The number of anilines is 1. The highest BCUT2D eigenvalue weighted by Crippen LogP contribution is 2.25. The largest absolute Gasteiger partial charge is 0.382 e. The fourth-order valence-electron chi connectivity index (χ4n) is 2.85. The normalized spacial score (nSPS) is 18.5. The number of likely N-dealkylation sites (tertiary alicyclic amines) is 1. The van der Waals surface area contributed by atoms with E-state index in [9.17, 15) is 0 Å². The summed E-state index contributed by atoms with van der Waals surface area (Å²) in [6.45, 7) is 8.00. The number of hydrogen-bond donors (Lipinski definition) is 1. The minimum atomic E-state index is 0.429. The molecule has 0 saturated carbocycles. The molecule has 1 aliphatic rings. The van der Waals surface area contributed by atoms with Crippen LogP contribution in [0.2, 0.25) is 5.02 Å². The van der Waals surface area contributed by atoms with Crippen LogP contribution in [0.15, 0.2) is 18.2 Å². The van der Waals surface area contributed by atoms with E-state index in [1.807, 2.05) is 12.1 Å². The van der Waals surface area contributed by atoms with Crippen LogP contribution in [-0.2, 0) is 0 Å². The number of benzene rings is 1. The van der Waals surface area contributed by atoms with Crippen LogP contribution < -0.4 is 5.32 Å². The van der Waals surface area contributed by atoms with Crippen LogP contribution in [0, 0.1) is 17.2 Å². The van der Waals surface area contributed by atoms with Crippen LogP contribution in [0.3, 0.4) is 0 Å². The van der Waals surface area contributed by atoms with Gasteiger partial charge in [-0.3, -0.25) is 0 Å². The monoisotopic (exact) mass is 291 g/mol. The fourth-order valence-corrected chi connectivity index (χ4v) is 3.07. The van der Waals surface area contributed by atoms with Crippen LogP contribution in [0.5, 0.6) is 0 Å². The molecule has 0 radical (unpaired) electrons. The van der Waals surface area contributed by atoms with E-state index in [-0.39, 0.29) is 0 Å². The molecule has 20 heavy (non-hydrogen) atoms. The van der Waals surface area contributed by atoms with Crippen molar-refractivity contribution < 1.29 is 0 Å². The van der Waals surface area contributed by atoms with Crippen molar-refractivity contribution in [1.82, 2.24) is 4.90 Å². The van der Waals surface area contributed by atoms with Gasteiger partial charge in [0.25, 0.3) is 0 Å². The Morgan fingerprint density at radius 3 is 2.70 bits per heavy atom. The first-order valence-corrected chi connectivity index (χ1v) is 7.70. The van der Waals surface area contributed by atoms with Crippen LogP contribution in [-0.4, -0.2) is 30.6 Å². The highest BCUT2D eigenvalue weighted by Gasteiger charge is 2.23. The second-order valence-electron chi connectivity index (χ2n) is 5.51. The van der Waals surface area contributed by atoms with Crippen molar-refractivity contribution in [2.75, 3.05) is 25.0 Å². The van der Waals surface area contributed by atoms with E-state index in [2.05, 4.69) is 30.1 Å². The van der Waals surface area contributed by atoms with E-state index < -0.39 is 0 Å². The summed E-state index contributed by atoms with van der Waals surface area (Å²) in [6.07, 6.45) is 2.48. The maximum absolute atomic E-state index is 8.88. The van der Waals surface area contributed by atoms with E-state index in [4.69, 9.17) is 16.9 Å². The minimum Gasteiger partial charge on any atom is -0.382 e. The molecule has 1 saturated heterocycles. The van der Waals surface area contributed by atoms with Crippen LogP contribution in [0.4, 0.5) is 5.69 Å². The first-order chi connectivity index (χ1) is 9.63. The molecule has 1 heterocycles. The summed E-state index contributed by atoms with van der Waals surface area (Å²) in [5, 5.41) is 12.9. The van der Waals surface area contributed by atoms with Gasteiger partial charge >= 0.3 is 0 Å². The topological polar surface area (TPSA) is 39.1 Å². The van der Waals surface area contributed by atoms with Gasteiger partial charge < -0.3 is 10.2 Å². The Hall–Kier alpha value is -1.24. The van der Waals surface area contributed by atoms with E-state index in [0.29, 0.717) is 22.5 Å². The molecule has 108 valence electrons. The molecule has 4 heteroatoms. The van der Waals surface area contributed by atoms with Crippen molar-refractivity contribution in [3.05, 3.63) is 28.8 Å². The summed E-state index contributed by atoms with van der Waals surface area (Å²) in [5.74, 6) is 0.701. The molecule has 1 aliphatic heterocycles. The van der Waals surface area contributed by atoms with Gasteiger partial charge in [0.05, 0.1) is 10.6 Å². The van der Waals surface area contributed by atoms with Crippen molar-refractivity contribution in [2.24, 2.45) is 5.92 Å². The summed E-state index contributed by atoms with van der Waals surface area (Å²) in [5.41, 5.74) is 1.53. The predicted molar refractivity (Wildman–Crippen MR) is 84.1 cm³/mol. The van der Waals surface area contributed by atoms with Crippen LogP contribution in [0.25, 0.3) is 0 Å². The number of piperidine rings is 1. The molecule has 1 atom stereocenters. The number of nitrogens with zero attached hydrogens (tertiary/aromatic N) is 2. The lowest BCUT2D eigenvalue weighted by molar-refractivity contribution is 0.183. The minimum absolute atomic E-state index is 0.429. The fraction of sp³-hybridized carbons (Fsp3) is 0.562. The third-order valence-electron chi connectivity index (χ3n) is 4.27. The number of halogens is 1. The summed E-state index contributed by atoms with van der Waals surface area (Å²) in [6, 6.07) is 8.07. The Morgan fingerprint density at radius 2 is 2.15 bits per heavy atom. The first-order valence-electron chi connectivity index (χ1n) is 7.32. The Balaban J connectivity index is 1.93. The van der Waals surface area contributed by atoms with Gasteiger partial charge in [-0.2, -0.15) is 5.26 Å². The number of hydrogen-bond acceptors (Lipinski definition) is 3. The zero-order valence-corrected chi connectivity index (χ0v) is 13.0. The molecule has 0 aromatic heterocycles. The SMILES string of the molecule is CCN1CCC(C(C)Nc2ccc(C#N)c(Cl)c2)CC1. The summed E-state index contributed by atoms with van der Waals surface area (Å²) in [4.78, 5) is 2.50. The van der Waals surface area contributed by atoms with Crippen molar-refractivity contribution in [3.8, 4) is 6.07 Å². The van der Waals surface area contributed by atoms with Gasteiger partial charge in [-0.25, -0.2) is 0 Å². The maximum Gasteiger partial charge on any atom is 0.101 e. The second-order valence-corrected chi connectivity index (χ2v) is 5.92. The van der Waals surface area contributed by atoms with Gasteiger partial charge in [0.15, 0.2) is 0 Å². The van der Waals surface area contributed by atoms with Gasteiger partial charge in [0, 0.05) is 11.7 Å². The average Bonchev–Trinajstić information content (AvgIpc) is 2.47. The van der Waals surface area contributed by atoms with Gasteiger partial charge in [-0.15, -0.1) is 0 Å². The lowest BCUT2D eigenvalue weighted by Crippen LogP contribution is -2.39. The van der Waals surface area contributed by atoms with E-state index >= 15 is 0 Å². The summed E-state index contributed by atoms with van der Waals surface area (Å²) in [7, 11) is 0. The highest BCUT2D eigenvalue weighted by atomic mass is 35.5. The van der Waals surface area contributed by atoms with Gasteiger partial charge in [0.2, 0.25) is 0 Å². The Morgan fingerprint density at radius 1 is 1.45 bits per heavy atom. The van der Waals surface area contributed by atoms with E-state index in [0.717, 1.165) is 12.2 Å². The third kappa shape index (κ3) is 3.65. The Kier molecular flexibility index (Phi) is 5.28. The van der Waals surface area contributed by atoms with Crippen molar-refractivity contribution in [3.63, 3.8) is 0 Å². The zero-order chi connectivity index (χ0) is 14.5. The molecule has 0 bridgehead atoms. The summed E-state index contributed by atoms with van der Waals surface area (Å²) >= 11 is 6.07. The average molecular weight is 292 g/mol. The molecule has 1 N–H and O–H groups in total. The molecular formula is C16H22ClN3. The Bertz CT molecular complexity index is 487. The number of rotatable bonds is 4. The molecule has 1 fully saturated rings. The Labute approximate surface area is 126 Å². The van der Waals surface area contributed by atoms with Crippen LogP contribution >= 0.6 is 11.6 Å². The molecular weight excluding hydrogens is 270 g/mol. The van der Waals surface area contributed by atoms with Gasteiger partial charge in [-0.05, 0) is 63.5 Å². The van der Waals surface area contributed by atoms with E-state index in [1.54, 1.807) is 6.07 Å². The third-order valence-corrected chi connectivity index (χ3v) is 4.58. The smallest absolute Gasteiger partial charge is 0.101 e. The molecule has 1 aromatic carbocycles. The quantitative estimate of drug-likeness (QED) is 0.918. The molecule has 3 nitrogen and oxygen atoms in total. The second kappa shape index (κ2) is 6.97. The number of nitrogens with one attached hydrogen (secondary N) is 1. The standard InChI is InChI=1S/C16H22ClN3/c1-3-20-8-6-13(7-9-20)12(2)19-15-5-4-14(11-18)16(17)10-15/h4-5,10,12-13,19H,3,6-9H2,1-2H3. The molecule has 1 aromatic rings. The first kappa shape index (κ1) is 15.2. The molecule has 0 amide bonds. The molecule has 2 rings (SSSR count). The lowest BCUT2D eigenvalue weighted by atomic mass is 9.90. The van der Waals surface area contributed by atoms with Gasteiger partial charge in [0.1, 0.15) is 6.07 Å². The molecule has 0 spiro atoms. The van der Waals surface area contributed by atoms with Gasteiger partial charge in [-0.1, -0.05) is 18.5 Å². The predicted octanol–water partition coefficient (Wildman–Crippen LogP) is 3.74. The lowest BCUT2D eigenvalue weighted by Gasteiger charge is -2.34.